The number of nitrogens with zero attached hydrogens (tertiary/aromatic N) is 5. The van der Waals surface area contributed by atoms with Crippen molar-refractivity contribution in [2.45, 2.75) is 202 Å². The van der Waals surface area contributed by atoms with Crippen LogP contribution in [0.1, 0.15) is 113 Å². The molecule has 4 heterocycles. The van der Waals surface area contributed by atoms with Crippen molar-refractivity contribution < 1.29 is 125 Å². The number of rotatable bonds is 24. The molecule has 40 nitrogen and oxygen atoms in total. The number of amides is 16. The number of carboxylic acids is 2. The van der Waals surface area contributed by atoms with E-state index in [2.05, 4.69) is 52.8 Å². The Labute approximate surface area is 777 Å². The van der Waals surface area contributed by atoms with Gasteiger partial charge in [0.2, 0.25) is 94.5 Å². The first-order chi connectivity index (χ1) is 64.0. The average Bonchev–Trinajstić information content (AvgIpc) is 1.74. The number of fused-ring (bicyclic) bond motifs is 3. The Morgan fingerprint density at radius 3 is 1.67 bits per heavy atom. The van der Waals surface area contributed by atoms with Gasteiger partial charge in [0, 0.05) is 102 Å². The highest BCUT2D eigenvalue weighted by Crippen LogP contribution is 2.29. The van der Waals surface area contributed by atoms with Gasteiger partial charge < -0.3 is 114 Å². The summed E-state index contributed by atoms with van der Waals surface area (Å²) >= 11 is 0.544. The number of primary amides is 2. The predicted octanol–water partition coefficient (Wildman–Crippen LogP) is -0.769. The fraction of sp³-hybridized carbons (Fsp3) is 0.451. The number of nitrogens with one attached hydrogen (secondary N) is 10. The van der Waals surface area contributed by atoms with Crippen LogP contribution in [-0.2, 0) is 118 Å². The van der Waals surface area contributed by atoms with Gasteiger partial charge in [-0.15, -0.1) is 11.8 Å². The van der Waals surface area contributed by atoms with Crippen LogP contribution < -0.4 is 59.3 Å². The Bertz CT molecular complexity index is 5350. The molecule has 5 aromatic carbocycles. The van der Waals surface area contributed by atoms with Crippen molar-refractivity contribution in [1.82, 2.24) is 77.3 Å². The summed E-state index contributed by atoms with van der Waals surface area (Å²) < 4.78 is 45.0. The number of likely N-dealkylation sites (N-methyl/N-ethyl adjacent to an activating group) is 3. The lowest BCUT2D eigenvalue weighted by molar-refractivity contribution is -0.152. The Balaban J connectivity index is 1.14. The third-order valence-corrected chi connectivity index (χ3v) is 24.5. The fourth-order valence-electron chi connectivity index (χ4n) is 16.2. The van der Waals surface area contributed by atoms with Crippen LogP contribution >= 0.6 is 11.8 Å². The maximum Gasteiger partial charge on any atom is 0.305 e. The van der Waals surface area contributed by atoms with E-state index in [0.717, 1.165) is 31.5 Å². The summed E-state index contributed by atoms with van der Waals surface area (Å²) in [4.78, 5) is 270. The Morgan fingerprint density at radius 2 is 1.05 bits per heavy atom. The molecule has 3 aliphatic rings. The van der Waals surface area contributed by atoms with Gasteiger partial charge in [0.25, 0.3) is 0 Å². The van der Waals surface area contributed by atoms with Gasteiger partial charge in [0.05, 0.1) is 31.2 Å². The maximum absolute atomic E-state index is 15.7. The number of phenols is 2. The highest BCUT2D eigenvalue weighted by atomic mass is 32.2. The van der Waals surface area contributed by atoms with Crippen molar-refractivity contribution in [3.8, 4) is 11.5 Å². The summed E-state index contributed by atoms with van der Waals surface area (Å²) in [6.07, 6.45) is -6.34. The number of halogens is 3. The number of aliphatic hydroxyl groups is 1. The molecule has 9 rings (SSSR count). The first-order valence-corrected chi connectivity index (χ1v) is 44.8. The van der Waals surface area contributed by atoms with Gasteiger partial charge in [-0.3, -0.25) is 86.3 Å². The minimum atomic E-state index is -2.09. The number of hydrogen-bond acceptors (Lipinski definition) is 22. The summed E-state index contributed by atoms with van der Waals surface area (Å²) in [7, 11) is 3.50. The monoisotopic (exact) mass is 1900 g/mol. The van der Waals surface area contributed by atoms with Crippen LogP contribution in [0.5, 0.6) is 11.5 Å². The normalized spacial score (nSPS) is 23.9. The van der Waals surface area contributed by atoms with Crippen LogP contribution in [0.3, 0.4) is 0 Å². The van der Waals surface area contributed by atoms with Crippen molar-refractivity contribution in [2.24, 2.45) is 17.4 Å². The lowest BCUT2D eigenvalue weighted by Crippen LogP contribution is -2.62. The van der Waals surface area contributed by atoms with E-state index in [9.17, 15) is 73.1 Å². The number of carbonyl (C=O) groups excluding carboxylic acids is 16. The lowest BCUT2D eigenvalue weighted by atomic mass is 9.98. The van der Waals surface area contributed by atoms with Gasteiger partial charge in [-0.1, -0.05) is 106 Å². The standard InChI is InChI=1S/C91H112F3N17O23S/c1-7-8-19-68-90(133)110-31-14-20-67(110)84(127)104-64(41-76(120)121)83(126)106-78(47(2)3)91(134)108(5)69(36-48-15-10-9-11-16-48)85(128)100-60(29-30-75(118)119)88(131)111-44-55(114)39-70(111)86(129)103-62(38-52-42-97-59-18-13-12-17-56(52)59)81(124)101-61(34-49-21-25-53(112)26-22-49)80(123)102-63(40-72(95)115)82(125)105-66(79(122)98-43-73(96)116)45-135-46-74(117)99-65(35-51-32-57(92)77(94)58(93)33-51)87(130)109(6)71(89(132)107(68)4)37-50-23-27-54(113)28-24-50/h9-13,15-18,21-28,32-33,42,47,55,60-71,78,97,112-114H,7-8,14,19-20,29-31,34-41,43-46H2,1-6H3,(H2,95,115)(H2,96,116)(H,98,122)(H,99,117)(H,100,128)(H,101,124)(H,102,123)(H,103,129)(H,104,127)(H,105,125)(H,106,126)(H,118,119)(H,120,121)/t55-,60-,61+,62+,63+,64+,65+,66+,67-,68+,69-,70-,71+,78+/m1/s1. The number of aromatic amines is 1. The van der Waals surface area contributed by atoms with Gasteiger partial charge >= 0.3 is 11.9 Å². The molecule has 0 saturated carbocycles. The van der Waals surface area contributed by atoms with E-state index in [1.807, 2.05) is 0 Å². The third-order valence-electron chi connectivity index (χ3n) is 23.5. The molecule has 135 heavy (non-hydrogen) atoms. The van der Waals surface area contributed by atoms with Crippen LogP contribution in [-0.4, -0.2) is 298 Å². The molecule has 44 heteroatoms. The van der Waals surface area contributed by atoms with E-state index in [-0.39, 0.29) is 61.3 Å². The third kappa shape index (κ3) is 28.9. The summed E-state index contributed by atoms with van der Waals surface area (Å²) in [6.45, 7) is 3.05. The number of thioether (sulfide) groups is 1. The molecule has 6 aromatic rings. The van der Waals surface area contributed by atoms with Crippen molar-refractivity contribution in [2.75, 3.05) is 52.3 Å². The second-order valence-electron chi connectivity index (χ2n) is 33.8. The number of para-hydroxylation sites is 1. The molecule has 0 bridgehead atoms. The minimum Gasteiger partial charge on any atom is -0.508 e. The van der Waals surface area contributed by atoms with Gasteiger partial charge in [-0.2, -0.15) is 0 Å². The molecule has 0 unspecified atom stereocenters. The number of aliphatic hydroxyl groups excluding tert-OH is 1. The molecule has 19 N–H and O–H groups in total. The van der Waals surface area contributed by atoms with E-state index in [0.29, 0.717) is 52.3 Å². The van der Waals surface area contributed by atoms with E-state index in [1.54, 1.807) is 61.5 Å². The number of hydrogen-bond donors (Lipinski definition) is 17. The number of aromatic nitrogens is 1. The van der Waals surface area contributed by atoms with Crippen LogP contribution in [0.25, 0.3) is 10.9 Å². The van der Waals surface area contributed by atoms with E-state index in [4.69, 9.17) is 11.5 Å². The number of benzene rings is 5. The van der Waals surface area contributed by atoms with Gasteiger partial charge in [0.15, 0.2) is 17.5 Å². The molecule has 1 aromatic heterocycles. The topological polar surface area (TPSA) is 601 Å². The molecule has 3 aliphatic heterocycles. The molecule has 16 amide bonds. The number of H-pyrrole nitrogens is 1. The number of aliphatic carboxylic acids is 2. The summed E-state index contributed by atoms with van der Waals surface area (Å²) in [5.74, 6) is -29.5. The van der Waals surface area contributed by atoms with Crippen molar-refractivity contribution in [1.29, 1.82) is 0 Å². The van der Waals surface area contributed by atoms with E-state index < -0.39 is 302 Å². The highest BCUT2D eigenvalue weighted by molar-refractivity contribution is 8.00. The van der Waals surface area contributed by atoms with Crippen molar-refractivity contribution in [3.05, 3.63) is 167 Å². The number of carboxylic acid groups (broad SMARTS) is 2. The fourth-order valence-corrected chi connectivity index (χ4v) is 17.0. The highest BCUT2D eigenvalue weighted by Gasteiger charge is 2.48. The number of aromatic hydroxyl groups is 2. The van der Waals surface area contributed by atoms with Crippen LogP contribution in [0.2, 0.25) is 0 Å². The second kappa shape index (κ2) is 48.5. The van der Waals surface area contributed by atoms with Crippen molar-refractivity contribution in [3.63, 3.8) is 0 Å². The minimum absolute atomic E-state index is 0.102. The Hall–Kier alpha value is -14.2. The van der Waals surface area contributed by atoms with E-state index >= 15 is 51.9 Å². The number of unbranched alkanes of at least 4 members (excludes halogenated alkanes) is 1. The van der Waals surface area contributed by atoms with Crippen LogP contribution in [0, 0.1) is 23.4 Å². The molecule has 14 atom stereocenters. The Morgan fingerprint density at radius 1 is 0.519 bits per heavy atom. The van der Waals surface area contributed by atoms with Crippen LogP contribution in [0.15, 0.2) is 121 Å². The molecule has 3 fully saturated rings. The summed E-state index contributed by atoms with van der Waals surface area (Å²) in [6, 6.07) is 2.84. The van der Waals surface area contributed by atoms with Crippen molar-refractivity contribution >= 4 is 129 Å². The zero-order chi connectivity index (χ0) is 98.9. The van der Waals surface area contributed by atoms with Crippen LogP contribution in [0.4, 0.5) is 13.2 Å². The number of phenolic OH excluding ortho intramolecular Hbond substituents is 2. The number of carbonyl (C=O) groups is 18. The smallest absolute Gasteiger partial charge is 0.305 e. The van der Waals surface area contributed by atoms with Gasteiger partial charge in [-0.05, 0) is 102 Å². The van der Waals surface area contributed by atoms with E-state index in [1.165, 1.54) is 82.7 Å². The second-order valence-corrected chi connectivity index (χ2v) is 34.8. The molecule has 3 saturated heterocycles. The SMILES string of the molecule is CCCC[C@H]1C(=O)N2CCC[C@@H]2C(=O)N[C@@H](CC(=O)O)C(=O)N[C@@H](C(C)C)C(=O)N(C)[C@H](Cc2ccccc2)C(=O)N[C@H](CCC(=O)O)C(=O)N2C[C@H](O)C[C@@H]2C(=O)N[C@@H](Cc2c[nH]c3ccccc23)C(=O)N[C@@H](Cc2ccc(O)cc2)C(=O)N[C@@H](CC(N)=O)C(=O)N[C@H](C(=O)NCC(N)=O)CSCC(=O)N[C@@H](Cc2cc(F)c(F)c(F)c2)C(=O)N(C)[C@@H](Cc2ccc(O)cc2)C(=O)N1C. The molecule has 0 spiro atoms. The summed E-state index contributed by atoms with van der Waals surface area (Å²) in [5, 5.41) is 75.4. The largest absolute Gasteiger partial charge is 0.508 e. The first-order valence-electron chi connectivity index (χ1n) is 43.7. The molecular formula is C91H112F3N17O23S. The van der Waals surface area contributed by atoms with Gasteiger partial charge in [-0.25, -0.2) is 13.2 Å². The zero-order valence-corrected chi connectivity index (χ0v) is 75.7. The summed E-state index contributed by atoms with van der Waals surface area (Å²) in [5.41, 5.74) is 12.4. The first kappa shape index (κ1) is 105. The molecule has 726 valence electrons. The molecule has 0 aliphatic carbocycles. The Kier molecular flexibility index (Phi) is 37.5. The predicted molar refractivity (Wildman–Crippen MR) is 479 cm³/mol. The zero-order valence-electron chi connectivity index (χ0n) is 74.9. The van der Waals surface area contributed by atoms with Gasteiger partial charge in [0.1, 0.15) is 90.0 Å². The maximum atomic E-state index is 15.7. The molecule has 0 radical (unpaired) electrons. The lowest BCUT2D eigenvalue weighted by Gasteiger charge is -2.38. The average molecular weight is 1900 g/mol. The molecular weight excluding hydrogens is 1790 g/mol. The quantitative estimate of drug-likeness (QED) is 0.0331. The number of nitrogens with two attached hydrogens (primary N) is 2.